The van der Waals surface area contributed by atoms with Gasteiger partial charge in [-0.3, -0.25) is 9.18 Å². The number of Topliss-reactive ketones (excluding diaryl/α,β-unsaturated/α-hetero) is 1. The van der Waals surface area contributed by atoms with Gasteiger partial charge >= 0.3 is 0 Å². The van der Waals surface area contributed by atoms with Crippen LogP contribution in [-0.2, 0) is 0 Å². The molecule has 1 nitrogen and oxygen atoms in total. The maximum absolute atomic E-state index is 11.7. The average molecular weight is 152 g/mol. The minimum atomic E-state index is -0.576. The molecule has 58 valence electrons. The second-order valence-electron chi connectivity index (χ2n) is 2.23. The number of ketones is 1. The normalized spacial score (nSPS) is 9.55. The summed E-state index contributed by atoms with van der Waals surface area (Å²) in [4.78, 5) is 11.0. The second-order valence-corrected chi connectivity index (χ2v) is 2.23. The van der Waals surface area contributed by atoms with Crippen LogP contribution in [0.5, 0.6) is 0 Å². The smallest absolute Gasteiger partial charge is 0.165 e. The molecule has 0 saturated carbocycles. The molecule has 0 saturated heterocycles. The molecule has 0 aliphatic heterocycles. The van der Waals surface area contributed by atoms with Gasteiger partial charge in [-0.15, -0.1) is 0 Å². The molecule has 0 fully saturated rings. The Morgan fingerprint density at radius 3 is 2.45 bits per heavy atom. The summed E-state index contributed by atoms with van der Waals surface area (Å²) in [6.45, 7) is -0.576. The van der Waals surface area contributed by atoms with Crippen LogP contribution in [0.25, 0.3) is 0 Å². The van der Waals surface area contributed by atoms with Crippen molar-refractivity contribution in [2.45, 2.75) is 6.42 Å². The van der Waals surface area contributed by atoms with E-state index in [1.165, 1.54) is 0 Å². The SMILES string of the molecule is O=C(CCF)c1ccccc1. The maximum Gasteiger partial charge on any atom is 0.165 e. The van der Waals surface area contributed by atoms with Crippen molar-refractivity contribution in [3.05, 3.63) is 35.9 Å². The first-order chi connectivity index (χ1) is 5.34. The lowest BCUT2D eigenvalue weighted by Gasteiger charge is -1.95. The van der Waals surface area contributed by atoms with Gasteiger partial charge in [-0.25, -0.2) is 0 Å². The molecule has 0 bridgehead atoms. The van der Waals surface area contributed by atoms with Gasteiger partial charge in [-0.05, 0) is 0 Å². The van der Waals surface area contributed by atoms with Gasteiger partial charge in [0.25, 0.3) is 0 Å². The Balaban J connectivity index is 2.69. The zero-order chi connectivity index (χ0) is 8.10. The molecule has 0 aliphatic rings. The molecular weight excluding hydrogens is 143 g/mol. The van der Waals surface area contributed by atoms with Crippen LogP contribution in [-0.4, -0.2) is 12.5 Å². The summed E-state index contributed by atoms with van der Waals surface area (Å²) in [7, 11) is 0. The largest absolute Gasteiger partial charge is 0.294 e. The first-order valence-corrected chi connectivity index (χ1v) is 3.49. The summed E-state index contributed by atoms with van der Waals surface area (Å²) < 4.78 is 11.7. The van der Waals surface area contributed by atoms with E-state index in [0.29, 0.717) is 5.56 Å². The summed E-state index contributed by atoms with van der Waals surface area (Å²) in [6.07, 6.45) is -0.00991. The quantitative estimate of drug-likeness (QED) is 0.607. The Kier molecular flexibility index (Phi) is 2.78. The highest BCUT2D eigenvalue weighted by atomic mass is 19.1. The Hall–Kier alpha value is -1.18. The van der Waals surface area contributed by atoms with Gasteiger partial charge in [0.1, 0.15) is 0 Å². The van der Waals surface area contributed by atoms with Crippen molar-refractivity contribution in [2.24, 2.45) is 0 Å². The summed E-state index contributed by atoms with van der Waals surface area (Å²) in [5.74, 6) is -0.131. The number of rotatable bonds is 3. The Morgan fingerprint density at radius 1 is 1.27 bits per heavy atom. The zero-order valence-corrected chi connectivity index (χ0v) is 6.09. The van der Waals surface area contributed by atoms with Crippen LogP contribution in [0.2, 0.25) is 0 Å². The van der Waals surface area contributed by atoms with Crippen molar-refractivity contribution in [1.82, 2.24) is 0 Å². The molecule has 0 spiro atoms. The van der Waals surface area contributed by atoms with E-state index in [1.54, 1.807) is 24.3 Å². The van der Waals surface area contributed by atoms with Crippen LogP contribution in [0.1, 0.15) is 16.8 Å². The van der Waals surface area contributed by atoms with Crippen molar-refractivity contribution in [3.63, 3.8) is 0 Å². The number of alkyl halides is 1. The van der Waals surface area contributed by atoms with Gasteiger partial charge in [0.2, 0.25) is 0 Å². The number of carbonyl (C=O) groups is 1. The van der Waals surface area contributed by atoms with Crippen molar-refractivity contribution in [3.8, 4) is 0 Å². The van der Waals surface area contributed by atoms with Gasteiger partial charge < -0.3 is 0 Å². The minimum absolute atomic E-state index is 0.00991. The average Bonchev–Trinajstić information content (AvgIpc) is 2.07. The topological polar surface area (TPSA) is 17.1 Å². The molecule has 0 aliphatic carbocycles. The first kappa shape index (κ1) is 7.92. The van der Waals surface area contributed by atoms with E-state index < -0.39 is 6.67 Å². The van der Waals surface area contributed by atoms with Crippen LogP contribution in [0.15, 0.2) is 30.3 Å². The lowest BCUT2D eigenvalue weighted by molar-refractivity contribution is 0.0974. The minimum Gasteiger partial charge on any atom is -0.294 e. The van der Waals surface area contributed by atoms with Gasteiger partial charge in [0.15, 0.2) is 5.78 Å². The van der Waals surface area contributed by atoms with E-state index in [2.05, 4.69) is 0 Å². The molecule has 0 N–H and O–H groups in total. The van der Waals surface area contributed by atoms with E-state index in [0.717, 1.165) is 0 Å². The van der Waals surface area contributed by atoms with Crippen molar-refractivity contribution in [1.29, 1.82) is 0 Å². The predicted octanol–water partition coefficient (Wildman–Crippen LogP) is 2.23. The summed E-state index contributed by atoms with van der Waals surface area (Å²) in [5.41, 5.74) is 0.588. The molecule has 1 aromatic rings. The van der Waals surface area contributed by atoms with E-state index >= 15 is 0 Å². The molecule has 11 heavy (non-hydrogen) atoms. The third-order valence-electron chi connectivity index (χ3n) is 1.42. The summed E-state index contributed by atoms with van der Waals surface area (Å²) >= 11 is 0. The highest BCUT2D eigenvalue weighted by molar-refractivity contribution is 5.95. The van der Waals surface area contributed by atoms with Gasteiger partial charge in [-0.1, -0.05) is 30.3 Å². The number of benzene rings is 1. The molecule has 0 unspecified atom stereocenters. The molecule has 2 heteroatoms. The molecule has 0 atom stereocenters. The van der Waals surface area contributed by atoms with E-state index in [-0.39, 0.29) is 12.2 Å². The van der Waals surface area contributed by atoms with Crippen LogP contribution in [0.4, 0.5) is 4.39 Å². The molecule has 0 heterocycles. The second kappa shape index (κ2) is 3.86. The molecule has 0 aromatic heterocycles. The standard InChI is InChI=1S/C9H9FO/c10-7-6-9(11)8-4-2-1-3-5-8/h1-5H,6-7H2. The zero-order valence-electron chi connectivity index (χ0n) is 6.09. The number of carbonyl (C=O) groups excluding carboxylic acids is 1. The highest BCUT2D eigenvalue weighted by Gasteiger charge is 2.02. The van der Waals surface area contributed by atoms with E-state index in [1.807, 2.05) is 6.07 Å². The number of hydrogen-bond donors (Lipinski definition) is 0. The summed E-state index contributed by atoms with van der Waals surface area (Å²) in [5, 5.41) is 0. The van der Waals surface area contributed by atoms with Crippen molar-refractivity contribution < 1.29 is 9.18 Å². The third-order valence-corrected chi connectivity index (χ3v) is 1.42. The van der Waals surface area contributed by atoms with Crippen LogP contribution in [0, 0.1) is 0 Å². The van der Waals surface area contributed by atoms with Gasteiger partial charge in [0.05, 0.1) is 6.67 Å². The van der Waals surface area contributed by atoms with Crippen LogP contribution >= 0.6 is 0 Å². The van der Waals surface area contributed by atoms with Gasteiger partial charge in [-0.2, -0.15) is 0 Å². The van der Waals surface area contributed by atoms with Crippen LogP contribution < -0.4 is 0 Å². The first-order valence-electron chi connectivity index (χ1n) is 3.49. The fraction of sp³-hybridized carbons (Fsp3) is 0.222. The highest BCUT2D eigenvalue weighted by Crippen LogP contribution is 2.02. The third kappa shape index (κ3) is 2.15. The lowest BCUT2D eigenvalue weighted by atomic mass is 10.1. The molecule has 1 rings (SSSR count). The molecular formula is C9H9FO. The maximum atomic E-state index is 11.7. The molecule has 1 aromatic carbocycles. The van der Waals surface area contributed by atoms with Crippen LogP contribution in [0.3, 0.4) is 0 Å². The van der Waals surface area contributed by atoms with Gasteiger partial charge in [0, 0.05) is 12.0 Å². The van der Waals surface area contributed by atoms with Crippen molar-refractivity contribution in [2.75, 3.05) is 6.67 Å². The Morgan fingerprint density at radius 2 is 1.91 bits per heavy atom. The Bertz CT molecular complexity index is 231. The lowest BCUT2D eigenvalue weighted by Crippen LogP contribution is -1.98. The number of halogens is 1. The molecule has 0 amide bonds. The fourth-order valence-corrected chi connectivity index (χ4v) is 0.854. The predicted molar refractivity (Wildman–Crippen MR) is 41.4 cm³/mol. The Labute approximate surface area is 64.9 Å². The fourth-order valence-electron chi connectivity index (χ4n) is 0.854. The van der Waals surface area contributed by atoms with Crippen molar-refractivity contribution >= 4 is 5.78 Å². The van der Waals surface area contributed by atoms with E-state index in [4.69, 9.17) is 0 Å². The summed E-state index contributed by atoms with van der Waals surface area (Å²) in [6, 6.07) is 8.75. The number of hydrogen-bond acceptors (Lipinski definition) is 1. The monoisotopic (exact) mass is 152 g/mol. The molecule has 0 radical (unpaired) electrons. The van der Waals surface area contributed by atoms with E-state index in [9.17, 15) is 9.18 Å².